The fraction of sp³-hybridized carbons (Fsp3) is 0.133. The molecule has 3 aromatic rings. The van der Waals surface area contributed by atoms with E-state index in [1.807, 2.05) is 24.3 Å². The van der Waals surface area contributed by atoms with Crippen molar-refractivity contribution in [2.75, 3.05) is 12.4 Å². The molecule has 1 N–H and O–H groups in total. The van der Waals surface area contributed by atoms with Crippen molar-refractivity contribution in [2.24, 2.45) is 0 Å². The Morgan fingerprint density at radius 1 is 1.10 bits per heavy atom. The second-order valence-corrected chi connectivity index (χ2v) is 4.45. The molecule has 0 amide bonds. The van der Waals surface area contributed by atoms with Crippen molar-refractivity contribution in [1.29, 1.82) is 0 Å². The highest BCUT2D eigenvalue weighted by molar-refractivity contribution is 5.94. The van der Waals surface area contributed by atoms with E-state index in [0.717, 1.165) is 16.3 Å². The van der Waals surface area contributed by atoms with Crippen molar-refractivity contribution in [3.63, 3.8) is 0 Å². The molecule has 0 spiro atoms. The lowest BCUT2D eigenvalue weighted by Gasteiger charge is -2.09. The van der Waals surface area contributed by atoms with E-state index in [1.165, 1.54) is 0 Å². The molecule has 0 atom stereocenters. The van der Waals surface area contributed by atoms with Gasteiger partial charge in [-0.05, 0) is 12.3 Å². The first-order chi connectivity index (χ1) is 9.70. The summed E-state index contributed by atoms with van der Waals surface area (Å²) >= 11 is 0. The van der Waals surface area contributed by atoms with Crippen LogP contribution in [0.2, 0.25) is 0 Å². The molecule has 0 aliphatic carbocycles. The number of halogens is 1. The second-order valence-electron chi connectivity index (χ2n) is 4.45. The van der Waals surface area contributed by atoms with Crippen molar-refractivity contribution in [1.82, 2.24) is 15.0 Å². The molecule has 0 aliphatic heterocycles. The first-order valence-corrected chi connectivity index (χ1v) is 6.25. The summed E-state index contributed by atoms with van der Waals surface area (Å²) in [5.41, 5.74) is 1.11. The van der Waals surface area contributed by atoms with E-state index in [9.17, 15) is 4.39 Å². The van der Waals surface area contributed by atoms with Crippen LogP contribution in [0.15, 0.2) is 36.7 Å². The normalized spacial score (nSPS) is 10.8. The Balaban J connectivity index is 2.28. The minimum atomic E-state index is -0.426. The summed E-state index contributed by atoms with van der Waals surface area (Å²) in [6.07, 6.45) is 3.49. The van der Waals surface area contributed by atoms with Crippen LogP contribution in [0.3, 0.4) is 0 Å². The van der Waals surface area contributed by atoms with Gasteiger partial charge in [0, 0.05) is 30.4 Å². The van der Waals surface area contributed by atoms with Gasteiger partial charge in [-0.1, -0.05) is 24.3 Å². The lowest BCUT2D eigenvalue weighted by molar-refractivity contribution is 0.607. The number of aromatic nitrogens is 3. The predicted octanol–water partition coefficient (Wildman–Crippen LogP) is 3.18. The molecule has 0 bridgehead atoms. The van der Waals surface area contributed by atoms with E-state index in [-0.39, 0.29) is 5.82 Å². The van der Waals surface area contributed by atoms with Gasteiger partial charge in [0.1, 0.15) is 0 Å². The van der Waals surface area contributed by atoms with Crippen molar-refractivity contribution in [3.05, 3.63) is 48.2 Å². The molecule has 0 radical (unpaired) electrons. The number of rotatable bonds is 2. The SMILES string of the molecule is CNc1nc(-c2cncc3ccccc23)nc(C)c1F. The highest BCUT2D eigenvalue weighted by Crippen LogP contribution is 2.27. The van der Waals surface area contributed by atoms with Crippen LogP contribution in [-0.2, 0) is 0 Å². The second kappa shape index (κ2) is 4.85. The van der Waals surface area contributed by atoms with Gasteiger partial charge in [-0.3, -0.25) is 4.98 Å². The Bertz CT molecular complexity index is 781. The number of hydrogen-bond acceptors (Lipinski definition) is 4. The van der Waals surface area contributed by atoms with Crippen molar-refractivity contribution in [3.8, 4) is 11.4 Å². The van der Waals surface area contributed by atoms with Gasteiger partial charge in [-0.2, -0.15) is 0 Å². The highest BCUT2D eigenvalue weighted by atomic mass is 19.1. The van der Waals surface area contributed by atoms with E-state index in [2.05, 4.69) is 20.3 Å². The van der Waals surface area contributed by atoms with Gasteiger partial charge >= 0.3 is 0 Å². The van der Waals surface area contributed by atoms with Gasteiger partial charge < -0.3 is 5.32 Å². The Kier molecular flexibility index (Phi) is 3.02. The fourth-order valence-electron chi connectivity index (χ4n) is 2.14. The number of aryl methyl sites for hydroxylation is 1. The van der Waals surface area contributed by atoms with Crippen LogP contribution in [-0.4, -0.2) is 22.0 Å². The number of nitrogens with one attached hydrogen (secondary N) is 1. The topological polar surface area (TPSA) is 50.7 Å². The number of fused-ring (bicyclic) bond motifs is 1. The molecule has 0 saturated carbocycles. The molecule has 0 aliphatic rings. The fourth-order valence-corrected chi connectivity index (χ4v) is 2.14. The van der Waals surface area contributed by atoms with Crippen LogP contribution in [0.25, 0.3) is 22.2 Å². The monoisotopic (exact) mass is 268 g/mol. The molecule has 4 nitrogen and oxygen atoms in total. The minimum Gasteiger partial charge on any atom is -0.371 e. The highest BCUT2D eigenvalue weighted by Gasteiger charge is 2.13. The molecule has 2 heterocycles. The van der Waals surface area contributed by atoms with Gasteiger partial charge in [0.15, 0.2) is 17.5 Å². The number of hydrogen-bond donors (Lipinski definition) is 1. The quantitative estimate of drug-likeness (QED) is 0.775. The first-order valence-electron chi connectivity index (χ1n) is 6.25. The van der Waals surface area contributed by atoms with Crippen molar-refractivity contribution in [2.45, 2.75) is 6.92 Å². The van der Waals surface area contributed by atoms with E-state index in [1.54, 1.807) is 26.4 Å². The molecular weight excluding hydrogens is 255 g/mol. The van der Waals surface area contributed by atoms with E-state index in [4.69, 9.17) is 0 Å². The van der Waals surface area contributed by atoms with Gasteiger partial charge in [-0.15, -0.1) is 0 Å². The Hall–Kier alpha value is -2.56. The van der Waals surface area contributed by atoms with Crippen LogP contribution in [0, 0.1) is 12.7 Å². The molecule has 2 aromatic heterocycles. The first kappa shape index (κ1) is 12.5. The summed E-state index contributed by atoms with van der Waals surface area (Å²) in [4.78, 5) is 12.7. The Labute approximate surface area is 115 Å². The van der Waals surface area contributed by atoms with Gasteiger partial charge in [0.2, 0.25) is 0 Å². The third-order valence-corrected chi connectivity index (χ3v) is 3.16. The smallest absolute Gasteiger partial charge is 0.186 e. The van der Waals surface area contributed by atoms with E-state index in [0.29, 0.717) is 11.5 Å². The summed E-state index contributed by atoms with van der Waals surface area (Å²) in [6.45, 7) is 1.62. The third-order valence-electron chi connectivity index (χ3n) is 3.16. The zero-order chi connectivity index (χ0) is 14.1. The summed E-state index contributed by atoms with van der Waals surface area (Å²) in [7, 11) is 1.63. The van der Waals surface area contributed by atoms with Crippen LogP contribution < -0.4 is 5.32 Å². The molecule has 20 heavy (non-hydrogen) atoms. The van der Waals surface area contributed by atoms with Crippen LogP contribution >= 0.6 is 0 Å². The zero-order valence-corrected chi connectivity index (χ0v) is 11.2. The van der Waals surface area contributed by atoms with E-state index < -0.39 is 5.82 Å². The van der Waals surface area contributed by atoms with Crippen LogP contribution in [0.1, 0.15) is 5.69 Å². The van der Waals surface area contributed by atoms with E-state index >= 15 is 0 Å². The number of benzene rings is 1. The molecule has 0 fully saturated rings. The maximum absolute atomic E-state index is 13.8. The maximum Gasteiger partial charge on any atom is 0.186 e. The van der Waals surface area contributed by atoms with Gasteiger partial charge in [0.05, 0.1) is 5.69 Å². The molecule has 1 aromatic carbocycles. The third kappa shape index (κ3) is 1.97. The number of nitrogens with zero attached hydrogens (tertiary/aromatic N) is 3. The summed E-state index contributed by atoms with van der Waals surface area (Å²) in [5, 5.41) is 4.75. The maximum atomic E-state index is 13.8. The summed E-state index contributed by atoms with van der Waals surface area (Å²) < 4.78 is 13.8. The zero-order valence-electron chi connectivity index (χ0n) is 11.2. The summed E-state index contributed by atoms with van der Waals surface area (Å²) in [6, 6.07) is 7.85. The molecule has 0 unspecified atom stereocenters. The summed E-state index contributed by atoms with van der Waals surface area (Å²) in [5.74, 6) is 0.238. The van der Waals surface area contributed by atoms with Crippen molar-refractivity contribution < 1.29 is 4.39 Å². The molecular formula is C15H13FN4. The average Bonchev–Trinajstić information content (AvgIpc) is 2.49. The average molecular weight is 268 g/mol. The lowest BCUT2D eigenvalue weighted by Crippen LogP contribution is -2.03. The Morgan fingerprint density at radius 3 is 2.70 bits per heavy atom. The molecule has 5 heteroatoms. The van der Waals surface area contributed by atoms with Gasteiger partial charge in [-0.25, -0.2) is 14.4 Å². The molecule has 0 saturated heterocycles. The number of pyridine rings is 1. The Morgan fingerprint density at radius 2 is 1.90 bits per heavy atom. The molecule has 100 valence electrons. The standard InChI is InChI=1S/C15H13FN4/c1-9-13(16)15(17-2)20-14(19-9)12-8-18-7-10-5-3-4-6-11(10)12/h3-8H,1-2H3,(H,17,19,20). The lowest BCUT2D eigenvalue weighted by atomic mass is 10.1. The number of anilines is 1. The van der Waals surface area contributed by atoms with Crippen molar-refractivity contribution >= 4 is 16.6 Å². The predicted molar refractivity (Wildman–Crippen MR) is 77.0 cm³/mol. The van der Waals surface area contributed by atoms with Gasteiger partial charge in [0.25, 0.3) is 0 Å². The minimum absolute atomic E-state index is 0.195. The van der Waals surface area contributed by atoms with Crippen LogP contribution in [0.4, 0.5) is 10.2 Å². The van der Waals surface area contributed by atoms with Crippen LogP contribution in [0.5, 0.6) is 0 Å². The molecule has 3 rings (SSSR count). The largest absolute Gasteiger partial charge is 0.371 e.